The molecule has 1 aromatic carbocycles. The van der Waals surface area contributed by atoms with Gasteiger partial charge in [0, 0.05) is 13.1 Å². The molecule has 3 rings (SSSR count). The molecule has 0 bridgehead atoms. The van der Waals surface area contributed by atoms with E-state index in [-0.39, 0.29) is 18.4 Å². The molecule has 2 aromatic rings. The van der Waals surface area contributed by atoms with Crippen LogP contribution in [0.15, 0.2) is 42.6 Å². The molecule has 7 heteroatoms. The van der Waals surface area contributed by atoms with E-state index in [4.69, 9.17) is 11.6 Å². The van der Waals surface area contributed by atoms with Gasteiger partial charge in [-0.25, -0.2) is 4.98 Å². The van der Waals surface area contributed by atoms with E-state index in [0.29, 0.717) is 16.3 Å². The number of benzene rings is 1. The van der Waals surface area contributed by atoms with E-state index in [1.807, 2.05) is 12.1 Å². The number of nitrogens with one attached hydrogen (secondary N) is 2. The lowest BCUT2D eigenvalue weighted by Gasteiger charge is -2.16. The van der Waals surface area contributed by atoms with Gasteiger partial charge in [-0.15, -0.1) is 0 Å². The second kappa shape index (κ2) is 7.98. The van der Waals surface area contributed by atoms with E-state index in [2.05, 4.69) is 20.5 Å². The summed E-state index contributed by atoms with van der Waals surface area (Å²) in [5.41, 5.74) is 0.938. The molecule has 2 heterocycles. The minimum absolute atomic E-state index is 0.141. The number of nitrogens with zero attached hydrogens (tertiary/aromatic N) is 2. The summed E-state index contributed by atoms with van der Waals surface area (Å²) in [6.45, 7) is 1.90. The highest BCUT2D eigenvalue weighted by Gasteiger charge is 2.14. The van der Waals surface area contributed by atoms with E-state index in [1.165, 1.54) is 12.8 Å². The van der Waals surface area contributed by atoms with Crippen molar-refractivity contribution in [2.45, 2.75) is 12.8 Å². The van der Waals surface area contributed by atoms with Gasteiger partial charge in [0.2, 0.25) is 5.91 Å². The largest absolute Gasteiger partial charge is 0.357 e. The molecule has 0 unspecified atom stereocenters. The molecule has 1 aromatic heterocycles. The molecule has 0 atom stereocenters. The van der Waals surface area contributed by atoms with Gasteiger partial charge in [-0.2, -0.15) is 0 Å². The van der Waals surface area contributed by atoms with Gasteiger partial charge in [-0.3, -0.25) is 9.59 Å². The molecule has 6 nitrogen and oxygen atoms in total. The number of anilines is 2. The van der Waals surface area contributed by atoms with Crippen LogP contribution in [-0.4, -0.2) is 36.4 Å². The Morgan fingerprint density at radius 3 is 2.56 bits per heavy atom. The highest BCUT2D eigenvalue weighted by molar-refractivity contribution is 6.33. The number of carbonyl (C=O) groups is 2. The van der Waals surface area contributed by atoms with Crippen LogP contribution in [0.3, 0.4) is 0 Å². The number of amides is 2. The Balaban J connectivity index is 1.50. The van der Waals surface area contributed by atoms with Crippen molar-refractivity contribution in [1.29, 1.82) is 0 Å². The fraction of sp³-hybridized carbons (Fsp3) is 0.278. The van der Waals surface area contributed by atoms with Crippen LogP contribution in [0.1, 0.15) is 23.2 Å². The first kappa shape index (κ1) is 17.2. The molecular formula is C18H19ClN4O2. The third-order valence-corrected chi connectivity index (χ3v) is 4.32. The third kappa shape index (κ3) is 4.48. The zero-order valence-corrected chi connectivity index (χ0v) is 14.4. The van der Waals surface area contributed by atoms with Crippen LogP contribution in [0, 0.1) is 0 Å². The van der Waals surface area contributed by atoms with Crippen molar-refractivity contribution in [3.05, 3.63) is 53.2 Å². The Morgan fingerprint density at radius 2 is 1.88 bits per heavy atom. The van der Waals surface area contributed by atoms with Gasteiger partial charge in [0.05, 0.1) is 29.0 Å². The number of hydrogen-bond donors (Lipinski definition) is 2. The zero-order valence-electron chi connectivity index (χ0n) is 13.7. The van der Waals surface area contributed by atoms with Crippen LogP contribution < -0.4 is 15.5 Å². The molecule has 0 spiro atoms. The molecule has 0 aliphatic carbocycles. The molecule has 130 valence electrons. The van der Waals surface area contributed by atoms with Crippen LogP contribution in [0.2, 0.25) is 5.02 Å². The standard InChI is InChI=1S/C18H19ClN4O2/c19-15-6-2-1-5-14(15)18(25)21-12-17(24)22-13-7-8-16(20-11-13)23-9-3-4-10-23/h1-2,5-8,11H,3-4,9-10,12H2,(H,21,25)(H,22,24). The van der Waals surface area contributed by atoms with E-state index in [0.717, 1.165) is 18.9 Å². The van der Waals surface area contributed by atoms with Crippen molar-refractivity contribution in [2.24, 2.45) is 0 Å². The molecule has 25 heavy (non-hydrogen) atoms. The Labute approximate surface area is 151 Å². The number of pyridine rings is 1. The molecule has 2 N–H and O–H groups in total. The fourth-order valence-electron chi connectivity index (χ4n) is 2.70. The van der Waals surface area contributed by atoms with Gasteiger partial charge in [0.25, 0.3) is 5.91 Å². The molecule has 1 saturated heterocycles. The van der Waals surface area contributed by atoms with Crippen LogP contribution in [0.5, 0.6) is 0 Å². The lowest BCUT2D eigenvalue weighted by Crippen LogP contribution is -2.33. The summed E-state index contributed by atoms with van der Waals surface area (Å²) in [7, 11) is 0. The summed E-state index contributed by atoms with van der Waals surface area (Å²) in [4.78, 5) is 30.6. The van der Waals surface area contributed by atoms with Gasteiger partial charge in [-0.05, 0) is 37.1 Å². The number of halogens is 1. The second-order valence-corrected chi connectivity index (χ2v) is 6.22. The molecule has 0 saturated carbocycles. The predicted molar refractivity (Wildman–Crippen MR) is 98.1 cm³/mol. The van der Waals surface area contributed by atoms with Crippen molar-refractivity contribution < 1.29 is 9.59 Å². The lowest BCUT2D eigenvalue weighted by atomic mass is 10.2. The molecular weight excluding hydrogens is 340 g/mol. The maximum atomic E-state index is 12.0. The summed E-state index contributed by atoms with van der Waals surface area (Å²) < 4.78 is 0. The molecule has 1 aliphatic heterocycles. The predicted octanol–water partition coefficient (Wildman–Crippen LogP) is 2.70. The molecule has 1 aliphatic rings. The van der Waals surface area contributed by atoms with Crippen molar-refractivity contribution in [1.82, 2.24) is 10.3 Å². The maximum Gasteiger partial charge on any atom is 0.253 e. The molecule has 0 radical (unpaired) electrons. The van der Waals surface area contributed by atoms with Gasteiger partial charge in [0.15, 0.2) is 0 Å². The smallest absolute Gasteiger partial charge is 0.253 e. The SMILES string of the molecule is O=C(CNC(=O)c1ccccc1Cl)Nc1ccc(N2CCCC2)nc1. The number of carbonyl (C=O) groups excluding carboxylic acids is 2. The third-order valence-electron chi connectivity index (χ3n) is 3.99. The Kier molecular flexibility index (Phi) is 5.50. The number of hydrogen-bond acceptors (Lipinski definition) is 4. The fourth-order valence-corrected chi connectivity index (χ4v) is 2.92. The highest BCUT2D eigenvalue weighted by atomic mass is 35.5. The molecule has 2 amide bonds. The van der Waals surface area contributed by atoms with Gasteiger partial charge in [-0.1, -0.05) is 23.7 Å². The normalized spacial score (nSPS) is 13.6. The summed E-state index contributed by atoms with van der Waals surface area (Å²) in [5, 5.41) is 5.61. The first-order valence-corrected chi connectivity index (χ1v) is 8.55. The monoisotopic (exact) mass is 358 g/mol. The van der Waals surface area contributed by atoms with Crippen molar-refractivity contribution in [2.75, 3.05) is 29.9 Å². The van der Waals surface area contributed by atoms with Crippen molar-refractivity contribution in [3.8, 4) is 0 Å². The quantitative estimate of drug-likeness (QED) is 0.861. The number of rotatable bonds is 5. The van der Waals surface area contributed by atoms with Crippen LogP contribution >= 0.6 is 11.6 Å². The van der Waals surface area contributed by atoms with Crippen LogP contribution in [0.4, 0.5) is 11.5 Å². The van der Waals surface area contributed by atoms with Gasteiger partial charge in [0.1, 0.15) is 5.82 Å². The van der Waals surface area contributed by atoms with Crippen molar-refractivity contribution in [3.63, 3.8) is 0 Å². The summed E-state index contributed by atoms with van der Waals surface area (Å²) >= 11 is 5.96. The van der Waals surface area contributed by atoms with Gasteiger partial charge >= 0.3 is 0 Å². The Hall–Kier alpha value is -2.60. The summed E-state index contributed by atoms with van der Waals surface area (Å²) in [5.74, 6) is 0.210. The molecule has 1 fully saturated rings. The first-order chi connectivity index (χ1) is 12.1. The Morgan fingerprint density at radius 1 is 1.12 bits per heavy atom. The minimum atomic E-state index is -0.386. The van der Waals surface area contributed by atoms with Crippen LogP contribution in [-0.2, 0) is 4.79 Å². The highest BCUT2D eigenvalue weighted by Crippen LogP contribution is 2.19. The average Bonchev–Trinajstić information content (AvgIpc) is 3.15. The second-order valence-electron chi connectivity index (χ2n) is 5.81. The van der Waals surface area contributed by atoms with Gasteiger partial charge < -0.3 is 15.5 Å². The average molecular weight is 359 g/mol. The van der Waals surface area contributed by atoms with Crippen molar-refractivity contribution >= 4 is 34.9 Å². The van der Waals surface area contributed by atoms with E-state index in [1.54, 1.807) is 30.5 Å². The van der Waals surface area contributed by atoms with Crippen LogP contribution in [0.25, 0.3) is 0 Å². The zero-order chi connectivity index (χ0) is 17.6. The van der Waals surface area contributed by atoms with E-state index >= 15 is 0 Å². The summed E-state index contributed by atoms with van der Waals surface area (Å²) in [6.07, 6.45) is 4.00. The Bertz CT molecular complexity index is 758. The topological polar surface area (TPSA) is 74.3 Å². The first-order valence-electron chi connectivity index (χ1n) is 8.17. The lowest BCUT2D eigenvalue weighted by molar-refractivity contribution is -0.115. The summed E-state index contributed by atoms with van der Waals surface area (Å²) in [6, 6.07) is 10.4. The van der Waals surface area contributed by atoms with E-state index in [9.17, 15) is 9.59 Å². The maximum absolute atomic E-state index is 12.0. The number of aromatic nitrogens is 1. The van der Waals surface area contributed by atoms with E-state index < -0.39 is 0 Å². The minimum Gasteiger partial charge on any atom is -0.357 e.